The Labute approximate surface area is 129 Å². The van der Waals surface area contributed by atoms with Gasteiger partial charge < -0.3 is 14.5 Å². The number of rotatable bonds is 4. The number of ether oxygens (including phenoxy) is 1. The second kappa shape index (κ2) is 5.81. The largest absolute Gasteiger partial charge is 0.480 e. The smallest absolute Gasteiger partial charge is 0.235 e. The van der Waals surface area contributed by atoms with Crippen LogP contribution in [0.1, 0.15) is 18.4 Å². The van der Waals surface area contributed by atoms with Crippen molar-refractivity contribution in [1.29, 1.82) is 0 Å². The van der Waals surface area contributed by atoms with Crippen molar-refractivity contribution in [2.75, 3.05) is 13.1 Å². The molecule has 1 saturated heterocycles. The van der Waals surface area contributed by atoms with Gasteiger partial charge in [0.1, 0.15) is 12.0 Å². The fraction of sp³-hybridized carbons (Fsp3) is 0.278. The summed E-state index contributed by atoms with van der Waals surface area (Å²) in [6.07, 6.45) is 4.20. The van der Waals surface area contributed by atoms with Crippen molar-refractivity contribution >= 4 is 10.8 Å². The van der Waals surface area contributed by atoms with Crippen LogP contribution in [0, 0.1) is 5.92 Å². The van der Waals surface area contributed by atoms with E-state index in [1.54, 1.807) is 12.5 Å². The first-order valence-electron chi connectivity index (χ1n) is 7.66. The molecule has 0 aliphatic carbocycles. The summed E-state index contributed by atoms with van der Waals surface area (Å²) in [5.74, 6) is 1.89. The molecule has 0 amide bonds. The summed E-state index contributed by atoms with van der Waals surface area (Å²) < 4.78 is 11.8. The Kier molecular flexibility index (Phi) is 3.52. The van der Waals surface area contributed by atoms with E-state index in [1.807, 2.05) is 18.2 Å². The summed E-state index contributed by atoms with van der Waals surface area (Å²) in [7, 11) is 0. The molecule has 1 aliphatic heterocycles. The van der Waals surface area contributed by atoms with E-state index in [9.17, 15) is 0 Å². The predicted molar refractivity (Wildman–Crippen MR) is 84.8 cm³/mol. The minimum Gasteiger partial charge on any atom is -0.480 e. The average molecular weight is 294 g/mol. The van der Waals surface area contributed by atoms with Crippen LogP contribution in [-0.2, 0) is 0 Å². The van der Waals surface area contributed by atoms with Gasteiger partial charge in [0.25, 0.3) is 0 Å². The number of fused-ring (bicyclic) bond motifs is 1. The normalized spacial score (nSPS) is 19.4. The third kappa shape index (κ3) is 2.57. The van der Waals surface area contributed by atoms with Crippen LogP contribution < -0.4 is 10.1 Å². The van der Waals surface area contributed by atoms with Gasteiger partial charge >= 0.3 is 0 Å². The highest BCUT2D eigenvalue weighted by Crippen LogP contribution is 2.32. The molecule has 4 rings (SSSR count). The van der Waals surface area contributed by atoms with Crippen molar-refractivity contribution in [3.63, 3.8) is 0 Å². The van der Waals surface area contributed by atoms with E-state index >= 15 is 0 Å². The molecule has 1 aliphatic rings. The van der Waals surface area contributed by atoms with Gasteiger partial charge in [-0.2, -0.15) is 0 Å². The molecule has 2 aromatic carbocycles. The second-order valence-corrected chi connectivity index (χ2v) is 5.67. The minimum absolute atomic E-state index is 0.147. The molecular weight excluding hydrogens is 276 g/mol. The number of oxazole rings is 1. The van der Waals surface area contributed by atoms with Gasteiger partial charge in [-0.3, -0.25) is 0 Å². The van der Waals surface area contributed by atoms with E-state index in [1.165, 1.54) is 10.8 Å². The Morgan fingerprint density at radius 1 is 1.18 bits per heavy atom. The number of benzene rings is 2. The highest BCUT2D eigenvalue weighted by Gasteiger charge is 2.31. The highest BCUT2D eigenvalue weighted by atomic mass is 16.5. The molecule has 0 spiro atoms. The van der Waals surface area contributed by atoms with Crippen molar-refractivity contribution in [3.8, 4) is 5.75 Å². The first-order chi connectivity index (χ1) is 10.9. The van der Waals surface area contributed by atoms with Crippen molar-refractivity contribution in [1.82, 2.24) is 10.3 Å². The van der Waals surface area contributed by atoms with Gasteiger partial charge in [-0.1, -0.05) is 30.3 Å². The van der Waals surface area contributed by atoms with Gasteiger partial charge in [-0.15, -0.1) is 0 Å². The molecule has 22 heavy (non-hydrogen) atoms. The fourth-order valence-corrected chi connectivity index (χ4v) is 3.05. The van der Waals surface area contributed by atoms with Crippen molar-refractivity contribution in [2.45, 2.75) is 12.5 Å². The van der Waals surface area contributed by atoms with E-state index in [-0.39, 0.29) is 6.10 Å². The van der Waals surface area contributed by atoms with Crippen LogP contribution in [0.25, 0.3) is 10.8 Å². The molecule has 4 nitrogen and oxygen atoms in total. The SMILES string of the molecule is c1ccc2cc(OC(c3ncco3)C3CCNC3)ccc2c1. The molecule has 2 heterocycles. The lowest BCUT2D eigenvalue weighted by Gasteiger charge is -2.21. The quantitative estimate of drug-likeness (QED) is 0.799. The first kappa shape index (κ1) is 13.3. The minimum atomic E-state index is -0.147. The van der Waals surface area contributed by atoms with Crippen LogP contribution in [-0.4, -0.2) is 18.1 Å². The Morgan fingerprint density at radius 3 is 2.86 bits per heavy atom. The van der Waals surface area contributed by atoms with Gasteiger partial charge in [-0.05, 0) is 35.9 Å². The fourth-order valence-electron chi connectivity index (χ4n) is 3.05. The third-order valence-electron chi connectivity index (χ3n) is 4.21. The number of hydrogen-bond acceptors (Lipinski definition) is 4. The summed E-state index contributed by atoms with van der Waals surface area (Å²) in [4.78, 5) is 4.30. The zero-order valence-corrected chi connectivity index (χ0v) is 12.2. The Hall–Kier alpha value is -2.33. The van der Waals surface area contributed by atoms with Gasteiger partial charge in [0.2, 0.25) is 5.89 Å². The van der Waals surface area contributed by atoms with Crippen LogP contribution in [0.3, 0.4) is 0 Å². The molecule has 0 bridgehead atoms. The van der Waals surface area contributed by atoms with Crippen LogP contribution in [0.4, 0.5) is 0 Å². The van der Waals surface area contributed by atoms with Crippen LogP contribution in [0.2, 0.25) is 0 Å². The molecule has 0 saturated carbocycles. The molecule has 2 unspecified atom stereocenters. The maximum atomic E-state index is 6.25. The summed E-state index contributed by atoms with van der Waals surface area (Å²) in [6, 6.07) is 14.5. The molecular formula is C18H18N2O2. The van der Waals surface area contributed by atoms with Gasteiger partial charge in [0.05, 0.1) is 6.20 Å². The number of hydrogen-bond donors (Lipinski definition) is 1. The maximum Gasteiger partial charge on any atom is 0.235 e. The van der Waals surface area contributed by atoms with Crippen LogP contribution in [0.15, 0.2) is 59.3 Å². The van der Waals surface area contributed by atoms with E-state index < -0.39 is 0 Å². The lowest BCUT2D eigenvalue weighted by molar-refractivity contribution is 0.114. The standard InChI is InChI=1S/C18H18N2O2/c1-2-4-14-11-16(6-5-13(14)3-1)22-17(15-7-8-19-12-15)18-20-9-10-21-18/h1-6,9-11,15,17,19H,7-8,12H2. The Bertz CT molecular complexity index is 749. The summed E-state index contributed by atoms with van der Waals surface area (Å²) in [5.41, 5.74) is 0. The van der Waals surface area contributed by atoms with Crippen molar-refractivity contribution < 1.29 is 9.15 Å². The molecule has 1 N–H and O–H groups in total. The summed E-state index contributed by atoms with van der Waals surface area (Å²) >= 11 is 0. The second-order valence-electron chi connectivity index (χ2n) is 5.67. The molecule has 3 aromatic rings. The molecule has 0 radical (unpaired) electrons. The lowest BCUT2D eigenvalue weighted by atomic mass is 10.0. The average Bonchev–Trinajstić information content (AvgIpc) is 3.26. The number of nitrogens with zero attached hydrogens (tertiary/aromatic N) is 1. The van der Waals surface area contributed by atoms with Crippen LogP contribution in [0.5, 0.6) is 5.75 Å². The van der Waals surface area contributed by atoms with E-state index in [2.05, 4.69) is 34.6 Å². The molecule has 112 valence electrons. The lowest BCUT2D eigenvalue weighted by Crippen LogP contribution is -2.21. The van der Waals surface area contributed by atoms with Crippen molar-refractivity contribution in [3.05, 3.63) is 60.8 Å². The molecule has 1 aromatic heterocycles. The predicted octanol–water partition coefficient (Wildman–Crippen LogP) is 3.56. The molecule has 1 fully saturated rings. The monoisotopic (exact) mass is 294 g/mol. The van der Waals surface area contributed by atoms with Gasteiger partial charge in [-0.25, -0.2) is 4.98 Å². The van der Waals surface area contributed by atoms with E-state index in [4.69, 9.17) is 9.15 Å². The third-order valence-corrected chi connectivity index (χ3v) is 4.21. The van der Waals surface area contributed by atoms with E-state index in [0.29, 0.717) is 11.8 Å². The maximum absolute atomic E-state index is 6.25. The molecule has 2 atom stereocenters. The number of nitrogens with one attached hydrogen (secondary N) is 1. The Morgan fingerprint density at radius 2 is 2.09 bits per heavy atom. The zero-order chi connectivity index (χ0) is 14.8. The summed E-state index contributed by atoms with van der Waals surface area (Å²) in [5, 5.41) is 5.77. The van der Waals surface area contributed by atoms with E-state index in [0.717, 1.165) is 25.3 Å². The zero-order valence-electron chi connectivity index (χ0n) is 12.2. The van der Waals surface area contributed by atoms with Crippen molar-refractivity contribution in [2.24, 2.45) is 5.92 Å². The van der Waals surface area contributed by atoms with Gasteiger partial charge in [0, 0.05) is 12.5 Å². The number of aromatic nitrogens is 1. The topological polar surface area (TPSA) is 47.3 Å². The highest BCUT2D eigenvalue weighted by molar-refractivity contribution is 5.83. The van der Waals surface area contributed by atoms with Gasteiger partial charge in [0.15, 0.2) is 6.10 Å². The summed E-state index contributed by atoms with van der Waals surface area (Å²) in [6.45, 7) is 1.95. The first-order valence-corrected chi connectivity index (χ1v) is 7.66. The Balaban J connectivity index is 1.64. The molecule has 4 heteroatoms. The van der Waals surface area contributed by atoms with Crippen LogP contribution >= 0.6 is 0 Å².